The van der Waals surface area contributed by atoms with Crippen molar-refractivity contribution in [3.63, 3.8) is 0 Å². The zero-order valence-corrected chi connectivity index (χ0v) is 8.58. The molecule has 0 fully saturated rings. The molecule has 1 atom stereocenters. The van der Waals surface area contributed by atoms with Crippen molar-refractivity contribution in [3.05, 3.63) is 33.3 Å². The van der Waals surface area contributed by atoms with Crippen LogP contribution in [0.25, 0.3) is 0 Å². The van der Waals surface area contributed by atoms with Crippen LogP contribution in [0.15, 0.2) is 12.1 Å². The number of benzene rings is 1. The van der Waals surface area contributed by atoms with Crippen molar-refractivity contribution < 1.29 is 0 Å². The Morgan fingerprint density at radius 1 is 1.33 bits per heavy atom. The minimum atomic E-state index is -0.0477. The summed E-state index contributed by atoms with van der Waals surface area (Å²) in [6.07, 6.45) is 0. The van der Waals surface area contributed by atoms with Crippen LogP contribution in [0.1, 0.15) is 24.1 Å². The molecule has 2 N–H and O–H groups in total. The van der Waals surface area contributed by atoms with Crippen LogP contribution in [-0.2, 0) is 0 Å². The molecule has 0 spiro atoms. The molecule has 0 radical (unpaired) electrons. The number of hydrogen-bond donors (Lipinski definition) is 1. The van der Waals surface area contributed by atoms with Gasteiger partial charge in [-0.1, -0.05) is 29.3 Å². The van der Waals surface area contributed by atoms with Crippen molar-refractivity contribution in [2.45, 2.75) is 19.9 Å². The Balaban J connectivity index is 3.27. The first-order valence-electron chi connectivity index (χ1n) is 3.74. The van der Waals surface area contributed by atoms with Crippen molar-refractivity contribution in [3.8, 4) is 0 Å². The molecule has 0 aliphatic carbocycles. The molecule has 1 unspecified atom stereocenters. The van der Waals surface area contributed by atoms with E-state index in [-0.39, 0.29) is 6.04 Å². The lowest BCUT2D eigenvalue weighted by Crippen LogP contribution is -2.06. The fourth-order valence-electron chi connectivity index (χ4n) is 1.03. The highest BCUT2D eigenvalue weighted by Gasteiger charge is 2.09. The standard InChI is InChI=1S/C9H11Cl2N/c1-5-8(10)4-3-7(6(2)12)9(5)11/h3-4,6H,12H2,1-2H3. The third-order valence-electron chi connectivity index (χ3n) is 1.84. The van der Waals surface area contributed by atoms with Crippen LogP contribution in [0.3, 0.4) is 0 Å². The lowest BCUT2D eigenvalue weighted by molar-refractivity contribution is 0.817. The third-order valence-corrected chi connectivity index (χ3v) is 2.75. The van der Waals surface area contributed by atoms with Gasteiger partial charge in [-0.2, -0.15) is 0 Å². The minimum absolute atomic E-state index is 0.0477. The van der Waals surface area contributed by atoms with Gasteiger partial charge in [-0.15, -0.1) is 0 Å². The highest BCUT2D eigenvalue weighted by Crippen LogP contribution is 2.29. The van der Waals surface area contributed by atoms with Crippen molar-refractivity contribution >= 4 is 23.2 Å². The van der Waals surface area contributed by atoms with Crippen LogP contribution in [-0.4, -0.2) is 0 Å². The quantitative estimate of drug-likeness (QED) is 0.745. The monoisotopic (exact) mass is 203 g/mol. The maximum Gasteiger partial charge on any atom is 0.0497 e. The lowest BCUT2D eigenvalue weighted by atomic mass is 10.1. The fourth-order valence-corrected chi connectivity index (χ4v) is 1.58. The van der Waals surface area contributed by atoms with E-state index in [1.165, 1.54) is 0 Å². The Morgan fingerprint density at radius 2 is 1.92 bits per heavy atom. The lowest BCUT2D eigenvalue weighted by Gasteiger charge is -2.10. The Bertz CT molecular complexity index is 295. The Kier molecular flexibility index (Phi) is 2.99. The topological polar surface area (TPSA) is 26.0 Å². The summed E-state index contributed by atoms with van der Waals surface area (Å²) < 4.78 is 0. The average Bonchev–Trinajstić information content (AvgIpc) is 2.00. The SMILES string of the molecule is Cc1c(Cl)ccc(C(C)N)c1Cl. The Morgan fingerprint density at radius 3 is 2.42 bits per heavy atom. The van der Waals surface area contributed by atoms with Gasteiger partial charge in [-0.25, -0.2) is 0 Å². The van der Waals surface area contributed by atoms with Gasteiger partial charge in [-0.05, 0) is 31.0 Å². The molecule has 0 saturated heterocycles. The predicted octanol–water partition coefficient (Wildman–Crippen LogP) is 3.32. The van der Waals surface area contributed by atoms with Crippen LogP contribution in [0.2, 0.25) is 10.0 Å². The van der Waals surface area contributed by atoms with Gasteiger partial charge in [0.05, 0.1) is 0 Å². The first-order chi connectivity index (χ1) is 5.54. The summed E-state index contributed by atoms with van der Waals surface area (Å²) in [7, 11) is 0. The zero-order valence-electron chi connectivity index (χ0n) is 7.07. The van der Waals surface area contributed by atoms with Crippen LogP contribution >= 0.6 is 23.2 Å². The van der Waals surface area contributed by atoms with Gasteiger partial charge in [0, 0.05) is 16.1 Å². The second kappa shape index (κ2) is 3.65. The van der Waals surface area contributed by atoms with E-state index in [1.54, 1.807) is 0 Å². The number of rotatable bonds is 1. The normalized spacial score (nSPS) is 13.1. The molecule has 1 rings (SSSR count). The molecule has 0 saturated carbocycles. The molecule has 0 heterocycles. The van der Waals surface area contributed by atoms with Crippen molar-refractivity contribution in [2.75, 3.05) is 0 Å². The molecular weight excluding hydrogens is 193 g/mol. The summed E-state index contributed by atoms with van der Waals surface area (Å²) in [5.74, 6) is 0. The first-order valence-corrected chi connectivity index (χ1v) is 4.49. The summed E-state index contributed by atoms with van der Waals surface area (Å²) in [4.78, 5) is 0. The minimum Gasteiger partial charge on any atom is -0.324 e. The highest BCUT2D eigenvalue weighted by atomic mass is 35.5. The summed E-state index contributed by atoms with van der Waals surface area (Å²) in [5.41, 5.74) is 7.55. The molecular formula is C9H11Cl2N. The van der Waals surface area contributed by atoms with Crippen molar-refractivity contribution in [1.29, 1.82) is 0 Å². The van der Waals surface area contributed by atoms with Crippen LogP contribution < -0.4 is 5.73 Å². The van der Waals surface area contributed by atoms with Gasteiger partial charge in [-0.3, -0.25) is 0 Å². The second-order valence-corrected chi connectivity index (χ2v) is 3.65. The van der Waals surface area contributed by atoms with E-state index in [2.05, 4.69) is 0 Å². The molecule has 1 nitrogen and oxygen atoms in total. The van der Waals surface area contributed by atoms with E-state index in [0.717, 1.165) is 11.1 Å². The molecule has 0 bridgehead atoms. The second-order valence-electron chi connectivity index (χ2n) is 2.86. The van der Waals surface area contributed by atoms with Crippen LogP contribution in [0, 0.1) is 6.92 Å². The van der Waals surface area contributed by atoms with Crippen LogP contribution in [0.5, 0.6) is 0 Å². The smallest absolute Gasteiger partial charge is 0.0497 e. The molecule has 0 amide bonds. The molecule has 66 valence electrons. The van der Waals surface area contributed by atoms with Gasteiger partial charge in [0.1, 0.15) is 0 Å². The zero-order chi connectivity index (χ0) is 9.30. The molecule has 1 aromatic rings. The van der Waals surface area contributed by atoms with Gasteiger partial charge in [0.15, 0.2) is 0 Å². The summed E-state index contributed by atoms with van der Waals surface area (Å²) in [6.45, 7) is 3.78. The van der Waals surface area contributed by atoms with E-state index in [4.69, 9.17) is 28.9 Å². The van der Waals surface area contributed by atoms with E-state index in [9.17, 15) is 0 Å². The first kappa shape index (κ1) is 9.85. The van der Waals surface area contributed by atoms with Gasteiger partial charge in [0.2, 0.25) is 0 Å². The summed E-state index contributed by atoms with van der Waals surface area (Å²) in [5, 5.41) is 1.36. The predicted molar refractivity (Wildman–Crippen MR) is 53.8 cm³/mol. The third kappa shape index (κ3) is 1.74. The fraction of sp³-hybridized carbons (Fsp3) is 0.333. The number of halogens is 2. The van der Waals surface area contributed by atoms with E-state index in [1.807, 2.05) is 26.0 Å². The van der Waals surface area contributed by atoms with Crippen LogP contribution in [0.4, 0.5) is 0 Å². The largest absolute Gasteiger partial charge is 0.324 e. The van der Waals surface area contributed by atoms with E-state index >= 15 is 0 Å². The Labute approximate surface area is 82.5 Å². The summed E-state index contributed by atoms with van der Waals surface area (Å²) >= 11 is 11.9. The number of nitrogens with two attached hydrogens (primary N) is 1. The summed E-state index contributed by atoms with van der Waals surface area (Å²) in [6, 6.07) is 3.64. The molecule has 0 aromatic heterocycles. The Hall–Kier alpha value is -0.240. The van der Waals surface area contributed by atoms with Crippen molar-refractivity contribution in [2.24, 2.45) is 5.73 Å². The van der Waals surface area contributed by atoms with Gasteiger partial charge >= 0.3 is 0 Å². The molecule has 12 heavy (non-hydrogen) atoms. The molecule has 0 aliphatic heterocycles. The van der Waals surface area contributed by atoms with Gasteiger partial charge in [0.25, 0.3) is 0 Å². The van der Waals surface area contributed by atoms with E-state index in [0.29, 0.717) is 10.0 Å². The maximum atomic E-state index is 6.03. The molecule has 3 heteroatoms. The average molecular weight is 204 g/mol. The van der Waals surface area contributed by atoms with Crippen molar-refractivity contribution in [1.82, 2.24) is 0 Å². The molecule has 1 aromatic carbocycles. The highest BCUT2D eigenvalue weighted by molar-refractivity contribution is 6.36. The maximum absolute atomic E-state index is 6.03. The molecule has 0 aliphatic rings. The van der Waals surface area contributed by atoms with E-state index < -0.39 is 0 Å². The van der Waals surface area contributed by atoms with Gasteiger partial charge < -0.3 is 5.73 Å². The number of hydrogen-bond acceptors (Lipinski definition) is 1.